The molecule has 0 radical (unpaired) electrons. The number of aliphatic carboxylic acids is 2. The van der Waals surface area contributed by atoms with Crippen LogP contribution in [0.1, 0.15) is 43.0 Å². The lowest BCUT2D eigenvalue weighted by molar-refractivity contribution is -0.140. The summed E-state index contributed by atoms with van der Waals surface area (Å²) in [5.41, 5.74) is 2.97. The summed E-state index contributed by atoms with van der Waals surface area (Å²) in [6.07, 6.45) is 3.19. The Kier molecular flexibility index (Phi) is 18.5. The predicted octanol–water partition coefficient (Wildman–Crippen LogP) is 9.17. The molecule has 0 unspecified atom stereocenters. The van der Waals surface area contributed by atoms with Gasteiger partial charge >= 0.3 is 11.9 Å². The number of halogens is 4. The van der Waals surface area contributed by atoms with Crippen LogP contribution >= 0.6 is 0 Å². The van der Waals surface area contributed by atoms with E-state index in [1.165, 1.54) is 7.11 Å². The molecule has 2 atom stereocenters. The van der Waals surface area contributed by atoms with Crippen molar-refractivity contribution in [3.8, 4) is 45.5 Å². The molecule has 2 aromatic heterocycles. The summed E-state index contributed by atoms with van der Waals surface area (Å²) in [6, 6.07) is 24.2. The van der Waals surface area contributed by atoms with Gasteiger partial charge in [0.2, 0.25) is 0 Å². The number of rotatable bonds is 24. The SMILES string of the molecule is COc1ccc(CCN(C)CCOc2ccc(CN(C)C)c(OC)c2-c2nccc3c(C[C@H](NC(=O)c4c(F)cccc4F)C(=O)O)cccc23)c(OC)c1-c1nccc2c(C[C@H](NC(=O)c3c(F)cccc3F)C(=O)O)cccc12. The number of methoxy groups -OCH3 is 3. The van der Waals surface area contributed by atoms with E-state index in [9.17, 15) is 47.0 Å². The van der Waals surface area contributed by atoms with Gasteiger partial charge in [-0.2, -0.15) is 0 Å². The summed E-state index contributed by atoms with van der Waals surface area (Å²) in [4.78, 5) is 64.7. The zero-order valence-electron chi connectivity index (χ0n) is 45.1. The minimum Gasteiger partial charge on any atom is -0.496 e. The van der Waals surface area contributed by atoms with Gasteiger partial charge in [0, 0.05) is 61.2 Å². The molecule has 0 aliphatic heterocycles. The largest absolute Gasteiger partial charge is 0.496 e. The molecule has 2 heterocycles. The van der Waals surface area contributed by atoms with Crippen LogP contribution in [0.4, 0.5) is 17.6 Å². The van der Waals surface area contributed by atoms with Crippen LogP contribution in [0, 0.1) is 23.3 Å². The van der Waals surface area contributed by atoms with Crippen molar-refractivity contribution in [1.29, 1.82) is 0 Å². The molecular formula is C61H58F4N6O10. The van der Waals surface area contributed by atoms with E-state index >= 15 is 0 Å². The standard InChI is InChI=1S/C61H58F4N6O10/c1-70(2)33-37-20-22-49(53(57(37)80-6)55-41-14-8-12-36(39(41)24-27-67-55)32-47(61(76)77)69-59(73)51-44(64)17-10-18-45(51)65)81-30-29-71(3)28-25-34-19-21-48(78-4)52(56(34)79-5)54-40-13-7-11-35(38(40)23-26-66-54)31-46(60(74)75)68-58(72)50-42(62)15-9-16-43(50)63/h7-24,26-27,46-47H,25,28-33H2,1-6H3,(H,68,72)(H,69,73)(H,74,75)(H,76,77)/t46-,47-/m0/s1. The van der Waals surface area contributed by atoms with Crippen LogP contribution in [-0.2, 0) is 35.4 Å². The number of amides is 2. The van der Waals surface area contributed by atoms with Crippen LogP contribution in [-0.4, -0.2) is 128 Å². The molecule has 0 aliphatic rings. The Balaban J connectivity index is 1.02. The number of carbonyl (C=O) groups excluding carboxylic acids is 2. The third-order valence-corrected chi connectivity index (χ3v) is 13.7. The summed E-state index contributed by atoms with van der Waals surface area (Å²) in [5, 5.41) is 27.4. The van der Waals surface area contributed by atoms with Crippen molar-refractivity contribution in [3.05, 3.63) is 178 Å². The highest BCUT2D eigenvalue weighted by Gasteiger charge is 2.29. The summed E-state index contributed by atoms with van der Waals surface area (Å²) in [6.45, 7) is 1.72. The van der Waals surface area contributed by atoms with E-state index in [4.69, 9.17) is 28.9 Å². The van der Waals surface area contributed by atoms with Gasteiger partial charge in [-0.3, -0.25) is 19.6 Å². The van der Waals surface area contributed by atoms with Gasteiger partial charge in [-0.25, -0.2) is 27.2 Å². The maximum absolute atomic E-state index is 14.5. The van der Waals surface area contributed by atoms with Gasteiger partial charge < -0.3 is 49.6 Å². The van der Waals surface area contributed by atoms with Gasteiger partial charge in [0.25, 0.3) is 11.8 Å². The number of nitrogens with zero attached hydrogens (tertiary/aromatic N) is 4. The van der Waals surface area contributed by atoms with E-state index in [0.29, 0.717) is 104 Å². The average Bonchev–Trinajstić information content (AvgIpc) is 3.57. The smallest absolute Gasteiger partial charge is 0.326 e. The molecule has 0 fully saturated rings. The molecule has 420 valence electrons. The van der Waals surface area contributed by atoms with Gasteiger partial charge in [0.1, 0.15) is 76.1 Å². The molecule has 4 N–H and O–H groups in total. The third kappa shape index (κ3) is 12.8. The molecule has 2 amide bonds. The quantitative estimate of drug-likeness (QED) is 0.0417. The fourth-order valence-corrected chi connectivity index (χ4v) is 9.85. The molecule has 8 rings (SSSR count). The number of likely N-dealkylation sites (N-methyl/N-ethyl adjacent to an activating group) is 1. The topological polar surface area (TPSA) is 202 Å². The number of hydrogen-bond donors (Lipinski definition) is 4. The van der Waals surface area contributed by atoms with Crippen LogP contribution in [0.5, 0.6) is 23.0 Å². The van der Waals surface area contributed by atoms with E-state index in [1.54, 1.807) is 63.0 Å². The van der Waals surface area contributed by atoms with Crippen molar-refractivity contribution in [2.45, 2.75) is 37.9 Å². The molecule has 0 saturated heterocycles. The monoisotopic (exact) mass is 1110 g/mol. The molecule has 0 aliphatic carbocycles. The number of hydrogen-bond acceptors (Lipinski definition) is 12. The first-order valence-electron chi connectivity index (χ1n) is 25.5. The van der Waals surface area contributed by atoms with Crippen LogP contribution in [0.25, 0.3) is 44.1 Å². The molecule has 20 heteroatoms. The Labute approximate surface area is 463 Å². The zero-order valence-corrected chi connectivity index (χ0v) is 45.1. The summed E-state index contributed by atoms with van der Waals surface area (Å²) >= 11 is 0. The minimum absolute atomic E-state index is 0.220. The van der Waals surface area contributed by atoms with E-state index in [2.05, 4.69) is 15.5 Å². The minimum atomic E-state index is -1.56. The van der Waals surface area contributed by atoms with Gasteiger partial charge in [-0.1, -0.05) is 60.7 Å². The lowest BCUT2D eigenvalue weighted by Gasteiger charge is -2.23. The first-order chi connectivity index (χ1) is 38.9. The fraction of sp³-hybridized carbons (Fsp3) is 0.246. The number of ether oxygens (including phenoxy) is 4. The first-order valence-corrected chi connectivity index (χ1v) is 25.5. The molecule has 16 nitrogen and oxygen atoms in total. The maximum atomic E-state index is 14.5. The Hall–Kier alpha value is -9.14. The Morgan fingerprint density at radius 2 is 0.975 bits per heavy atom. The van der Waals surface area contributed by atoms with Crippen LogP contribution in [0.15, 0.2) is 122 Å². The summed E-state index contributed by atoms with van der Waals surface area (Å²) < 4.78 is 82.7. The molecular weight excluding hydrogens is 1050 g/mol. The number of carbonyl (C=O) groups is 4. The van der Waals surface area contributed by atoms with Crippen molar-refractivity contribution in [2.24, 2.45) is 0 Å². The second kappa shape index (κ2) is 25.8. The predicted molar refractivity (Wildman–Crippen MR) is 296 cm³/mol. The van der Waals surface area contributed by atoms with E-state index < -0.39 is 70.2 Å². The van der Waals surface area contributed by atoms with Crippen molar-refractivity contribution in [2.75, 3.05) is 62.2 Å². The van der Waals surface area contributed by atoms with Crippen molar-refractivity contribution < 1.29 is 65.9 Å². The van der Waals surface area contributed by atoms with E-state index in [0.717, 1.165) is 47.5 Å². The van der Waals surface area contributed by atoms with Crippen LogP contribution in [0.3, 0.4) is 0 Å². The Morgan fingerprint density at radius 3 is 1.43 bits per heavy atom. The van der Waals surface area contributed by atoms with E-state index in [1.807, 2.05) is 62.4 Å². The highest BCUT2D eigenvalue weighted by molar-refractivity contribution is 6.02. The summed E-state index contributed by atoms with van der Waals surface area (Å²) in [7, 11) is 10.4. The number of carboxylic acid groups (broad SMARTS) is 2. The number of fused-ring (bicyclic) bond motifs is 2. The number of aromatic nitrogens is 2. The van der Waals surface area contributed by atoms with Crippen LogP contribution < -0.4 is 29.6 Å². The number of carboxylic acids is 2. The fourth-order valence-electron chi connectivity index (χ4n) is 9.85. The highest BCUT2D eigenvalue weighted by Crippen LogP contribution is 2.45. The maximum Gasteiger partial charge on any atom is 0.326 e. The second-order valence-electron chi connectivity index (χ2n) is 19.3. The van der Waals surface area contributed by atoms with Gasteiger partial charge in [0.05, 0.1) is 43.8 Å². The number of nitrogens with one attached hydrogen (secondary N) is 2. The van der Waals surface area contributed by atoms with Crippen LogP contribution in [0.2, 0.25) is 0 Å². The highest BCUT2D eigenvalue weighted by atomic mass is 19.1. The van der Waals surface area contributed by atoms with Crippen molar-refractivity contribution in [1.82, 2.24) is 30.4 Å². The molecule has 81 heavy (non-hydrogen) atoms. The van der Waals surface area contributed by atoms with Crippen molar-refractivity contribution in [3.63, 3.8) is 0 Å². The number of pyridine rings is 2. The third-order valence-electron chi connectivity index (χ3n) is 13.7. The molecule has 8 aromatic rings. The van der Waals surface area contributed by atoms with Gasteiger partial charge in [-0.15, -0.1) is 0 Å². The molecule has 0 spiro atoms. The molecule has 0 saturated carbocycles. The van der Waals surface area contributed by atoms with Crippen molar-refractivity contribution >= 4 is 45.3 Å². The lowest BCUT2D eigenvalue weighted by atomic mass is 9.94. The van der Waals surface area contributed by atoms with Gasteiger partial charge in [0.15, 0.2) is 0 Å². The zero-order chi connectivity index (χ0) is 58.1. The normalized spacial score (nSPS) is 12.1. The Morgan fingerprint density at radius 1 is 0.531 bits per heavy atom. The Bertz CT molecular complexity index is 3640. The summed E-state index contributed by atoms with van der Waals surface area (Å²) in [5.74, 6) is -7.81. The molecule has 6 aromatic carbocycles. The average molecular weight is 1110 g/mol. The molecule has 0 bridgehead atoms. The van der Waals surface area contributed by atoms with Gasteiger partial charge in [-0.05, 0) is 104 Å². The number of benzene rings is 6. The first kappa shape index (κ1) is 58.0. The lowest BCUT2D eigenvalue weighted by Crippen LogP contribution is -2.43. The second-order valence-corrected chi connectivity index (χ2v) is 19.3. The van der Waals surface area contributed by atoms with E-state index in [-0.39, 0.29) is 19.4 Å².